The maximum Gasteiger partial charge on any atom is 0.251 e. The second-order valence-electron chi connectivity index (χ2n) is 6.17. The SMILES string of the molecule is CC(C)(NC(=O)c1ccc2c(c1)CNC2)c1ccc(Br)cc1.Cl. The minimum absolute atomic E-state index is 0. The summed E-state index contributed by atoms with van der Waals surface area (Å²) in [7, 11) is 0. The minimum Gasteiger partial charge on any atom is -0.343 e. The fraction of sp³-hybridized carbons (Fsp3) is 0.278. The summed E-state index contributed by atoms with van der Waals surface area (Å²) in [5, 5.41) is 6.42. The second kappa shape index (κ2) is 7.04. The molecule has 0 aromatic heterocycles. The summed E-state index contributed by atoms with van der Waals surface area (Å²) in [6.07, 6.45) is 0. The Kier molecular flexibility index (Phi) is 5.50. The van der Waals surface area contributed by atoms with Crippen LogP contribution in [0.25, 0.3) is 0 Å². The Bertz CT molecular complexity index is 713. The van der Waals surface area contributed by atoms with E-state index >= 15 is 0 Å². The van der Waals surface area contributed by atoms with E-state index in [1.165, 1.54) is 11.1 Å². The smallest absolute Gasteiger partial charge is 0.251 e. The van der Waals surface area contributed by atoms with Crippen LogP contribution in [0.5, 0.6) is 0 Å². The van der Waals surface area contributed by atoms with E-state index in [0.29, 0.717) is 5.56 Å². The van der Waals surface area contributed by atoms with Crippen LogP contribution in [0.15, 0.2) is 46.9 Å². The van der Waals surface area contributed by atoms with E-state index in [4.69, 9.17) is 0 Å². The van der Waals surface area contributed by atoms with Crippen molar-refractivity contribution in [2.45, 2.75) is 32.5 Å². The van der Waals surface area contributed by atoms with Crippen LogP contribution in [-0.2, 0) is 18.6 Å². The lowest BCUT2D eigenvalue weighted by atomic mass is 9.93. The van der Waals surface area contributed by atoms with Gasteiger partial charge in [0.05, 0.1) is 5.54 Å². The van der Waals surface area contributed by atoms with E-state index in [1.807, 2.05) is 56.3 Å². The van der Waals surface area contributed by atoms with Gasteiger partial charge in [-0.2, -0.15) is 0 Å². The molecule has 0 fully saturated rings. The first-order chi connectivity index (χ1) is 10.5. The molecule has 122 valence electrons. The third-order valence-electron chi connectivity index (χ3n) is 4.09. The lowest BCUT2D eigenvalue weighted by Gasteiger charge is -2.27. The summed E-state index contributed by atoms with van der Waals surface area (Å²) in [5.74, 6) is -0.0392. The van der Waals surface area contributed by atoms with E-state index in [2.05, 4.69) is 26.6 Å². The van der Waals surface area contributed by atoms with Crippen LogP contribution < -0.4 is 10.6 Å². The zero-order valence-electron chi connectivity index (χ0n) is 13.2. The van der Waals surface area contributed by atoms with Crippen LogP contribution in [0.2, 0.25) is 0 Å². The van der Waals surface area contributed by atoms with Crippen molar-refractivity contribution in [3.05, 3.63) is 69.2 Å². The molecule has 0 radical (unpaired) electrons. The summed E-state index contributed by atoms with van der Waals surface area (Å²) in [5.41, 5.74) is 3.87. The van der Waals surface area contributed by atoms with Gasteiger partial charge < -0.3 is 10.6 Å². The Hall–Kier alpha value is -1.36. The minimum atomic E-state index is -0.422. The molecule has 5 heteroatoms. The van der Waals surface area contributed by atoms with Crippen LogP contribution in [0.3, 0.4) is 0 Å². The number of carbonyl (C=O) groups excluding carboxylic acids is 1. The molecule has 3 rings (SSSR count). The molecule has 0 saturated carbocycles. The molecule has 0 bridgehead atoms. The molecule has 3 nitrogen and oxygen atoms in total. The van der Waals surface area contributed by atoms with Crippen LogP contribution in [0.4, 0.5) is 0 Å². The van der Waals surface area contributed by atoms with Crippen molar-refractivity contribution in [3.8, 4) is 0 Å². The van der Waals surface area contributed by atoms with E-state index in [0.717, 1.165) is 23.1 Å². The van der Waals surface area contributed by atoms with Gasteiger partial charge in [-0.05, 0) is 54.8 Å². The van der Waals surface area contributed by atoms with Crippen LogP contribution in [0, 0.1) is 0 Å². The fourth-order valence-corrected chi connectivity index (χ4v) is 3.00. The molecule has 0 spiro atoms. The predicted molar refractivity (Wildman–Crippen MR) is 98.9 cm³/mol. The summed E-state index contributed by atoms with van der Waals surface area (Å²) in [6, 6.07) is 14.0. The maximum atomic E-state index is 12.6. The Labute approximate surface area is 151 Å². The van der Waals surface area contributed by atoms with Gasteiger partial charge in [-0.15, -0.1) is 12.4 Å². The molecular weight excluding hydrogens is 376 g/mol. The zero-order valence-corrected chi connectivity index (χ0v) is 15.6. The number of hydrogen-bond acceptors (Lipinski definition) is 2. The molecule has 2 N–H and O–H groups in total. The molecule has 1 amide bonds. The number of hydrogen-bond donors (Lipinski definition) is 2. The number of amides is 1. The molecule has 0 aliphatic carbocycles. The quantitative estimate of drug-likeness (QED) is 0.820. The van der Waals surface area contributed by atoms with Crippen LogP contribution in [0.1, 0.15) is 40.9 Å². The molecule has 23 heavy (non-hydrogen) atoms. The molecule has 0 saturated heterocycles. The topological polar surface area (TPSA) is 41.1 Å². The van der Waals surface area contributed by atoms with Crippen LogP contribution in [-0.4, -0.2) is 5.91 Å². The monoisotopic (exact) mass is 394 g/mol. The third-order valence-corrected chi connectivity index (χ3v) is 4.62. The number of nitrogens with one attached hydrogen (secondary N) is 2. The lowest BCUT2D eigenvalue weighted by Crippen LogP contribution is -2.41. The van der Waals surface area contributed by atoms with E-state index < -0.39 is 5.54 Å². The highest BCUT2D eigenvalue weighted by atomic mass is 79.9. The number of halogens is 2. The van der Waals surface area contributed by atoms with Gasteiger partial charge in [-0.1, -0.05) is 34.1 Å². The first-order valence-electron chi connectivity index (χ1n) is 7.37. The van der Waals surface area contributed by atoms with Crippen molar-refractivity contribution < 1.29 is 4.79 Å². The highest BCUT2D eigenvalue weighted by Crippen LogP contribution is 2.23. The van der Waals surface area contributed by atoms with Gasteiger partial charge in [-0.3, -0.25) is 4.79 Å². The van der Waals surface area contributed by atoms with Gasteiger partial charge in [-0.25, -0.2) is 0 Å². The van der Waals surface area contributed by atoms with E-state index in [-0.39, 0.29) is 18.3 Å². The average Bonchev–Trinajstić information content (AvgIpc) is 2.94. The summed E-state index contributed by atoms with van der Waals surface area (Å²) >= 11 is 3.44. The van der Waals surface area contributed by atoms with Crippen molar-refractivity contribution in [1.82, 2.24) is 10.6 Å². The van der Waals surface area contributed by atoms with Crippen molar-refractivity contribution in [3.63, 3.8) is 0 Å². The Morgan fingerprint density at radius 3 is 2.43 bits per heavy atom. The number of carbonyl (C=O) groups is 1. The van der Waals surface area contributed by atoms with Crippen molar-refractivity contribution in [1.29, 1.82) is 0 Å². The standard InChI is InChI=1S/C18H19BrN2O.ClH/c1-18(2,15-5-7-16(19)8-6-15)21-17(22)12-3-4-13-10-20-11-14(13)9-12;/h3-9,20H,10-11H2,1-2H3,(H,21,22);1H. The fourth-order valence-electron chi connectivity index (χ4n) is 2.73. The zero-order chi connectivity index (χ0) is 15.7. The summed E-state index contributed by atoms with van der Waals surface area (Å²) in [6.45, 7) is 5.76. The predicted octanol–water partition coefficient (Wildman–Crippen LogP) is 4.14. The maximum absolute atomic E-state index is 12.6. The van der Waals surface area contributed by atoms with Gasteiger partial charge in [0.2, 0.25) is 0 Å². The van der Waals surface area contributed by atoms with Crippen molar-refractivity contribution in [2.75, 3.05) is 0 Å². The normalized spacial score (nSPS) is 13.2. The van der Waals surface area contributed by atoms with E-state index in [1.54, 1.807) is 0 Å². The first kappa shape index (κ1) is 18.0. The Morgan fingerprint density at radius 2 is 1.74 bits per heavy atom. The highest BCUT2D eigenvalue weighted by molar-refractivity contribution is 9.10. The summed E-state index contributed by atoms with van der Waals surface area (Å²) in [4.78, 5) is 12.6. The number of rotatable bonds is 3. The van der Waals surface area contributed by atoms with Crippen molar-refractivity contribution in [2.24, 2.45) is 0 Å². The van der Waals surface area contributed by atoms with Gasteiger partial charge in [0.1, 0.15) is 0 Å². The van der Waals surface area contributed by atoms with Gasteiger partial charge in [0.15, 0.2) is 0 Å². The number of benzene rings is 2. The van der Waals surface area contributed by atoms with Crippen molar-refractivity contribution >= 4 is 34.2 Å². The Balaban J connectivity index is 0.00000192. The molecule has 1 heterocycles. The second-order valence-corrected chi connectivity index (χ2v) is 7.09. The highest BCUT2D eigenvalue weighted by Gasteiger charge is 2.24. The molecular formula is C18H20BrClN2O. The molecule has 0 atom stereocenters. The first-order valence-corrected chi connectivity index (χ1v) is 8.16. The molecule has 0 unspecified atom stereocenters. The lowest BCUT2D eigenvalue weighted by molar-refractivity contribution is 0.0912. The third kappa shape index (κ3) is 3.94. The van der Waals surface area contributed by atoms with Gasteiger partial charge in [0, 0.05) is 23.1 Å². The molecule has 1 aliphatic rings. The van der Waals surface area contributed by atoms with Gasteiger partial charge >= 0.3 is 0 Å². The molecule has 1 aliphatic heterocycles. The number of fused-ring (bicyclic) bond motifs is 1. The average molecular weight is 396 g/mol. The molecule has 2 aromatic rings. The largest absolute Gasteiger partial charge is 0.343 e. The Morgan fingerprint density at radius 1 is 1.09 bits per heavy atom. The van der Waals surface area contributed by atoms with Gasteiger partial charge in [0.25, 0.3) is 5.91 Å². The van der Waals surface area contributed by atoms with E-state index in [9.17, 15) is 4.79 Å². The van der Waals surface area contributed by atoms with Crippen LogP contribution >= 0.6 is 28.3 Å². The molecule has 2 aromatic carbocycles. The summed E-state index contributed by atoms with van der Waals surface area (Å²) < 4.78 is 1.03.